The van der Waals surface area contributed by atoms with Crippen molar-refractivity contribution in [2.75, 3.05) is 39.3 Å². The van der Waals surface area contributed by atoms with Crippen LogP contribution in [0.25, 0.3) is 0 Å². The van der Waals surface area contributed by atoms with Crippen molar-refractivity contribution in [2.24, 2.45) is 5.92 Å². The minimum atomic E-state index is 0.306. The summed E-state index contributed by atoms with van der Waals surface area (Å²) >= 11 is 0. The summed E-state index contributed by atoms with van der Waals surface area (Å²) in [5.41, 5.74) is 0. The zero-order chi connectivity index (χ0) is 10.7. The molecule has 3 nitrogen and oxygen atoms in total. The first-order valence-electron chi connectivity index (χ1n) is 6.37. The maximum absolute atomic E-state index is 8.88. The topological polar surface area (TPSA) is 26.7 Å². The SMILES string of the molecule is C[C@@H]1CC[C@@H](N2CCN(CCO)CC2)C1. The molecule has 1 aliphatic heterocycles. The lowest BCUT2D eigenvalue weighted by Gasteiger charge is -2.37. The van der Waals surface area contributed by atoms with Gasteiger partial charge in [-0.15, -0.1) is 0 Å². The van der Waals surface area contributed by atoms with Gasteiger partial charge >= 0.3 is 0 Å². The van der Waals surface area contributed by atoms with E-state index < -0.39 is 0 Å². The third kappa shape index (κ3) is 2.92. The van der Waals surface area contributed by atoms with Crippen LogP contribution in [0.3, 0.4) is 0 Å². The first-order chi connectivity index (χ1) is 7.29. The number of hydrogen-bond acceptors (Lipinski definition) is 3. The molecule has 1 heterocycles. The summed E-state index contributed by atoms with van der Waals surface area (Å²) < 4.78 is 0. The van der Waals surface area contributed by atoms with Crippen LogP contribution < -0.4 is 0 Å². The van der Waals surface area contributed by atoms with E-state index >= 15 is 0 Å². The van der Waals surface area contributed by atoms with Gasteiger partial charge in [0.2, 0.25) is 0 Å². The Bertz CT molecular complexity index is 190. The lowest BCUT2D eigenvalue weighted by molar-refractivity contribution is 0.0843. The van der Waals surface area contributed by atoms with Crippen LogP contribution in [0.4, 0.5) is 0 Å². The molecule has 2 atom stereocenters. The van der Waals surface area contributed by atoms with Gasteiger partial charge in [-0.1, -0.05) is 6.92 Å². The molecular formula is C12H24N2O. The predicted molar refractivity (Wildman–Crippen MR) is 61.9 cm³/mol. The van der Waals surface area contributed by atoms with Crippen molar-refractivity contribution in [3.63, 3.8) is 0 Å². The van der Waals surface area contributed by atoms with Crippen molar-refractivity contribution >= 4 is 0 Å². The Morgan fingerprint density at radius 3 is 2.40 bits per heavy atom. The van der Waals surface area contributed by atoms with Crippen molar-refractivity contribution in [2.45, 2.75) is 32.2 Å². The number of aliphatic hydroxyl groups is 1. The molecule has 2 rings (SSSR count). The van der Waals surface area contributed by atoms with Crippen molar-refractivity contribution in [3.05, 3.63) is 0 Å². The monoisotopic (exact) mass is 212 g/mol. The molecule has 0 unspecified atom stereocenters. The second-order valence-corrected chi connectivity index (χ2v) is 5.17. The first kappa shape index (κ1) is 11.4. The third-order valence-electron chi connectivity index (χ3n) is 4.01. The highest BCUT2D eigenvalue weighted by Gasteiger charge is 2.28. The largest absolute Gasteiger partial charge is 0.395 e. The van der Waals surface area contributed by atoms with Crippen LogP contribution >= 0.6 is 0 Å². The maximum atomic E-state index is 8.88. The highest BCUT2D eigenvalue weighted by molar-refractivity contribution is 4.84. The van der Waals surface area contributed by atoms with Crippen LogP contribution in [0.2, 0.25) is 0 Å². The number of β-amino-alcohol motifs (C(OH)–C–C–N with tert-alkyl or cyclic N) is 1. The Kier molecular flexibility index (Phi) is 4.00. The summed E-state index contributed by atoms with van der Waals surface area (Å²) in [5.74, 6) is 0.936. The predicted octanol–water partition coefficient (Wildman–Crippen LogP) is 0.785. The van der Waals surface area contributed by atoms with E-state index in [9.17, 15) is 0 Å². The Morgan fingerprint density at radius 1 is 1.13 bits per heavy atom. The molecule has 0 bridgehead atoms. The van der Waals surface area contributed by atoms with E-state index in [0.717, 1.165) is 31.6 Å². The van der Waals surface area contributed by atoms with E-state index in [-0.39, 0.29) is 0 Å². The summed E-state index contributed by atoms with van der Waals surface area (Å²) in [6.45, 7) is 8.24. The molecular weight excluding hydrogens is 188 g/mol. The van der Waals surface area contributed by atoms with Crippen molar-refractivity contribution in [1.29, 1.82) is 0 Å². The van der Waals surface area contributed by atoms with Gasteiger partial charge in [-0.05, 0) is 25.2 Å². The summed E-state index contributed by atoms with van der Waals surface area (Å²) in [4.78, 5) is 5.03. The van der Waals surface area contributed by atoms with Gasteiger partial charge in [0.15, 0.2) is 0 Å². The molecule has 1 aliphatic carbocycles. The van der Waals surface area contributed by atoms with Gasteiger partial charge in [0.05, 0.1) is 6.61 Å². The van der Waals surface area contributed by atoms with Gasteiger partial charge in [0.25, 0.3) is 0 Å². The van der Waals surface area contributed by atoms with E-state index in [1.54, 1.807) is 0 Å². The third-order valence-corrected chi connectivity index (χ3v) is 4.01. The van der Waals surface area contributed by atoms with Crippen LogP contribution in [0, 0.1) is 5.92 Å². The van der Waals surface area contributed by atoms with E-state index in [0.29, 0.717) is 6.61 Å². The second kappa shape index (κ2) is 5.28. The quantitative estimate of drug-likeness (QED) is 0.749. The van der Waals surface area contributed by atoms with Crippen LogP contribution in [-0.2, 0) is 0 Å². The van der Waals surface area contributed by atoms with Gasteiger partial charge in [-0.3, -0.25) is 9.80 Å². The average molecular weight is 212 g/mol. The molecule has 0 spiro atoms. The fourth-order valence-electron chi connectivity index (χ4n) is 3.00. The average Bonchev–Trinajstić information content (AvgIpc) is 2.67. The van der Waals surface area contributed by atoms with Gasteiger partial charge in [0, 0.05) is 38.8 Å². The number of rotatable bonds is 3. The molecule has 1 N–H and O–H groups in total. The lowest BCUT2D eigenvalue weighted by Crippen LogP contribution is -2.50. The van der Waals surface area contributed by atoms with Gasteiger partial charge < -0.3 is 5.11 Å². The van der Waals surface area contributed by atoms with Gasteiger partial charge in [-0.2, -0.15) is 0 Å². The zero-order valence-corrected chi connectivity index (χ0v) is 9.86. The summed E-state index contributed by atoms with van der Waals surface area (Å²) in [6.07, 6.45) is 4.22. The molecule has 15 heavy (non-hydrogen) atoms. The Hall–Kier alpha value is -0.120. The lowest BCUT2D eigenvalue weighted by atomic mass is 10.1. The van der Waals surface area contributed by atoms with Gasteiger partial charge in [0.1, 0.15) is 0 Å². The fraction of sp³-hybridized carbons (Fsp3) is 1.00. The summed E-state index contributed by atoms with van der Waals surface area (Å²) in [5, 5.41) is 8.88. The van der Waals surface area contributed by atoms with Crippen LogP contribution in [0.15, 0.2) is 0 Å². The molecule has 0 radical (unpaired) electrons. The highest BCUT2D eigenvalue weighted by Crippen LogP contribution is 2.29. The molecule has 0 aromatic rings. The molecule has 0 amide bonds. The molecule has 0 aromatic heterocycles. The van der Waals surface area contributed by atoms with Crippen molar-refractivity contribution < 1.29 is 5.11 Å². The Labute approximate surface area is 93.1 Å². The molecule has 88 valence electrons. The summed E-state index contributed by atoms with van der Waals surface area (Å²) in [7, 11) is 0. The number of piperazine rings is 1. The molecule has 2 aliphatic rings. The van der Waals surface area contributed by atoms with Crippen LogP contribution in [0.1, 0.15) is 26.2 Å². The van der Waals surface area contributed by atoms with Crippen LogP contribution in [0.5, 0.6) is 0 Å². The number of aliphatic hydroxyl groups excluding tert-OH is 1. The molecule has 3 heteroatoms. The van der Waals surface area contributed by atoms with E-state index in [4.69, 9.17) is 5.11 Å². The maximum Gasteiger partial charge on any atom is 0.0558 e. The smallest absolute Gasteiger partial charge is 0.0558 e. The zero-order valence-electron chi connectivity index (χ0n) is 9.86. The van der Waals surface area contributed by atoms with E-state index in [1.807, 2.05) is 0 Å². The molecule has 1 saturated heterocycles. The standard InChI is InChI=1S/C12H24N2O/c1-11-2-3-12(10-11)14-6-4-13(5-7-14)8-9-15/h11-12,15H,2-10H2,1H3/t11-,12-/m1/s1. The van der Waals surface area contributed by atoms with Crippen molar-refractivity contribution in [3.8, 4) is 0 Å². The number of hydrogen-bond donors (Lipinski definition) is 1. The Morgan fingerprint density at radius 2 is 1.87 bits per heavy atom. The first-order valence-corrected chi connectivity index (χ1v) is 6.37. The van der Waals surface area contributed by atoms with Crippen LogP contribution in [-0.4, -0.2) is 60.3 Å². The number of nitrogens with zero attached hydrogens (tertiary/aromatic N) is 2. The fourth-order valence-corrected chi connectivity index (χ4v) is 3.00. The van der Waals surface area contributed by atoms with Crippen molar-refractivity contribution in [1.82, 2.24) is 9.80 Å². The molecule has 2 fully saturated rings. The summed E-state index contributed by atoms with van der Waals surface area (Å²) in [6, 6.07) is 0.858. The van der Waals surface area contributed by atoms with Gasteiger partial charge in [-0.25, -0.2) is 0 Å². The molecule has 0 aromatic carbocycles. The highest BCUT2D eigenvalue weighted by atomic mass is 16.3. The second-order valence-electron chi connectivity index (χ2n) is 5.17. The Balaban J connectivity index is 1.73. The minimum Gasteiger partial charge on any atom is -0.395 e. The molecule has 1 saturated carbocycles. The van der Waals surface area contributed by atoms with E-state index in [1.165, 1.54) is 32.4 Å². The minimum absolute atomic E-state index is 0.306. The normalized spacial score (nSPS) is 34.8. The van der Waals surface area contributed by atoms with E-state index in [2.05, 4.69) is 16.7 Å².